The minimum atomic E-state index is -1.57. The largest absolute Gasteiger partial charge is 0.480 e. The molecule has 8 nitrogen and oxygen atoms in total. The second kappa shape index (κ2) is 7.10. The molecule has 4 N–H and O–H groups in total. The molecular formula is C14H16O8Ti. The van der Waals surface area contributed by atoms with E-state index in [1.807, 2.05) is 0 Å². The summed E-state index contributed by atoms with van der Waals surface area (Å²) in [5.41, 5.74) is -3.14. The summed E-state index contributed by atoms with van der Waals surface area (Å²) in [6.07, 6.45) is 3.09. The fraction of sp³-hybridized carbons (Fsp3) is 0.429. The molecule has 2 aliphatic carbocycles. The van der Waals surface area contributed by atoms with Crippen LogP contribution in [0.5, 0.6) is 0 Å². The first-order chi connectivity index (χ1) is 10.1. The van der Waals surface area contributed by atoms with Crippen molar-refractivity contribution in [2.24, 2.45) is 22.7 Å². The second-order valence-corrected chi connectivity index (χ2v) is 5.26. The first-order valence-electron chi connectivity index (χ1n) is 6.30. The third-order valence-corrected chi connectivity index (χ3v) is 4.13. The summed E-state index contributed by atoms with van der Waals surface area (Å²) in [7, 11) is 0. The molecule has 124 valence electrons. The third-order valence-electron chi connectivity index (χ3n) is 4.13. The van der Waals surface area contributed by atoms with Gasteiger partial charge in [-0.1, -0.05) is 12.2 Å². The van der Waals surface area contributed by atoms with E-state index in [-0.39, 0.29) is 34.6 Å². The summed E-state index contributed by atoms with van der Waals surface area (Å²) in [4.78, 5) is 41.9. The molecular weight excluding hydrogens is 344 g/mol. The topological polar surface area (TPSA) is 149 Å². The number of allylic oxidation sites excluding steroid dienone is 2. The van der Waals surface area contributed by atoms with Crippen LogP contribution >= 0.6 is 0 Å². The average Bonchev–Trinajstić information content (AvgIpc) is 3.30. The number of carboxylic acid groups (broad SMARTS) is 4. The van der Waals surface area contributed by atoms with Crippen LogP contribution in [0.25, 0.3) is 0 Å². The van der Waals surface area contributed by atoms with Gasteiger partial charge < -0.3 is 20.4 Å². The van der Waals surface area contributed by atoms with Crippen molar-refractivity contribution in [3.05, 3.63) is 25.3 Å². The van der Waals surface area contributed by atoms with E-state index in [0.717, 1.165) is 0 Å². The van der Waals surface area contributed by atoms with Crippen LogP contribution in [0.4, 0.5) is 0 Å². The number of hydrogen-bond donors (Lipinski definition) is 4. The minimum Gasteiger partial charge on any atom is -0.480 e. The predicted molar refractivity (Wildman–Crippen MR) is 72.0 cm³/mol. The molecule has 0 aromatic rings. The van der Waals surface area contributed by atoms with Gasteiger partial charge in [0.15, 0.2) is 10.8 Å². The number of carbonyl (C=O) groups is 4. The third kappa shape index (κ3) is 3.38. The van der Waals surface area contributed by atoms with Crippen LogP contribution in [0.1, 0.15) is 12.8 Å². The average molecular weight is 360 g/mol. The van der Waals surface area contributed by atoms with E-state index in [9.17, 15) is 19.2 Å². The zero-order valence-corrected chi connectivity index (χ0v) is 13.6. The summed E-state index contributed by atoms with van der Waals surface area (Å²) < 4.78 is 0. The van der Waals surface area contributed by atoms with Crippen molar-refractivity contribution in [3.8, 4) is 0 Å². The van der Waals surface area contributed by atoms with Crippen LogP contribution in [-0.4, -0.2) is 44.3 Å². The van der Waals surface area contributed by atoms with Gasteiger partial charge in [0.05, 0.1) is 0 Å². The Morgan fingerprint density at radius 3 is 1.00 bits per heavy atom. The van der Waals surface area contributed by atoms with Gasteiger partial charge in [-0.25, -0.2) is 0 Å². The second-order valence-electron chi connectivity index (χ2n) is 5.26. The normalized spacial score (nSPS) is 24.5. The summed E-state index contributed by atoms with van der Waals surface area (Å²) in [5.74, 6) is -5.88. The molecule has 0 aromatic carbocycles. The molecule has 2 saturated carbocycles. The maximum absolute atomic E-state index is 10.5. The van der Waals surface area contributed by atoms with Crippen LogP contribution in [0.3, 0.4) is 0 Å². The van der Waals surface area contributed by atoms with Crippen LogP contribution in [0, 0.1) is 22.7 Å². The van der Waals surface area contributed by atoms with Crippen molar-refractivity contribution >= 4 is 23.9 Å². The molecule has 2 atom stereocenters. The van der Waals surface area contributed by atoms with Crippen molar-refractivity contribution in [1.29, 1.82) is 0 Å². The SMILES string of the molecule is C=CC1CC1(C(=O)O)C(=O)O.C=CC1CC1(C(=O)O)C(=O)O.[Ti]. The zero-order valence-electron chi connectivity index (χ0n) is 12.1. The van der Waals surface area contributed by atoms with Crippen molar-refractivity contribution in [2.45, 2.75) is 12.8 Å². The Balaban J connectivity index is 0.000000403. The first kappa shape index (κ1) is 21.1. The van der Waals surface area contributed by atoms with E-state index < -0.39 is 46.5 Å². The molecule has 0 amide bonds. The maximum atomic E-state index is 10.5. The van der Waals surface area contributed by atoms with Crippen LogP contribution < -0.4 is 0 Å². The molecule has 0 radical (unpaired) electrons. The standard InChI is InChI=1S/2C7H8O4.Ti/c2*1-2-4-3-7(4,5(8)9)6(10)11;/h2*2,4H,1,3H2,(H,8,9)(H,10,11);. The number of rotatable bonds is 6. The van der Waals surface area contributed by atoms with Gasteiger partial charge in [-0.15, -0.1) is 13.2 Å². The van der Waals surface area contributed by atoms with Gasteiger partial charge >= 0.3 is 23.9 Å². The van der Waals surface area contributed by atoms with Crippen LogP contribution in [0.15, 0.2) is 25.3 Å². The Hall–Kier alpha value is -1.93. The summed E-state index contributed by atoms with van der Waals surface area (Å²) in [5, 5.41) is 34.2. The van der Waals surface area contributed by atoms with Gasteiger partial charge in [-0.2, -0.15) is 0 Å². The molecule has 23 heavy (non-hydrogen) atoms. The smallest absolute Gasteiger partial charge is 0.321 e. The zero-order chi connectivity index (χ0) is 17.3. The summed E-state index contributed by atoms with van der Waals surface area (Å²) in [6.45, 7) is 6.71. The molecule has 0 bridgehead atoms. The van der Waals surface area contributed by atoms with Crippen molar-refractivity contribution in [3.63, 3.8) is 0 Å². The maximum Gasteiger partial charge on any atom is 0.321 e. The quantitative estimate of drug-likeness (QED) is 0.307. The van der Waals surface area contributed by atoms with E-state index in [4.69, 9.17) is 20.4 Å². The fourth-order valence-corrected chi connectivity index (χ4v) is 2.31. The Kier molecular flexibility index (Phi) is 6.51. The molecule has 2 fully saturated rings. The van der Waals surface area contributed by atoms with Crippen molar-refractivity contribution in [1.82, 2.24) is 0 Å². The Labute approximate surface area is 146 Å². The number of aliphatic carboxylic acids is 4. The summed E-state index contributed by atoms with van der Waals surface area (Å²) >= 11 is 0. The molecule has 2 aliphatic rings. The van der Waals surface area contributed by atoms with Gasteiger partial charge in [0, 0.05) is 33.6 Å². The molecule has 0 spiro atoms. The van der Waals surface area contributed by atoms with E-state index in [1.54, 1.807) is 0 Å². The fourth-order valence-electron chi connectivity index (χ4n) is 2.31. The van der Waals surface area contributed by atoms with Crippen LogP contribution in [0.2, 0.25) is 0 Å². The van der Waals surface area contributed by atoms with Gasteiger partial charge in [-0.05, 0) is 12.8 Å². The Morgan fingerprint density at radius 1 is 0.739 bits per heavy atom. The first-order valence-corrected chi connectivity index (χ1v) is 6.30. The molecule has 2 unspecified atom stereocenters. The van der Waals surface area contributed by atoms with Gasteiger partial charge in [0.25, 0.3) is 0 Å². The van der Waals surface area contributed by atoms with E-state index >= 15 is 0 Å². The monoisotopic (exact) mass is 360 g/mol. The van der Waals surface area contributed by atoms with Crippen molar-refractivity contribution < 1.29 is 61.3 Å². The number of hydrogen-bond acceptors (Lipinski definition) is 4. The molecule has 0 heterocycles. The molecule has 0 aromatic heterocycles. The summed E-state index contributed by atoms with van der Waals surface area (Å²) in [6, 6.07) is 0. The van der Waals surface area contributed by atoms with E-state index in [1.165, 1.54) is 12.2 Å². The van der Waals surface area contributed by atoms with Gasteiger partial charge in [0.2, 0.25) is 0 Å². The van der Waals surface area contributed by atoms with Crippen molar-refractivity contribution in [2.75, 3.05) is 0 Å². The van der Waals surface area contributed by atoms with Crippen LogP contribution in [-0.2, 0) is 40.9 Å². The van der Waals surface area contributed by atoms with Gasteiger partial charge in [-0.3, -0.25) is 19.2 Å². The van der Waals surface area contributed by atoms with E-state index in [2.05, 4.69) is 13.2 Å². The molecule has 9 heteroatoms. The molecule has 0 saturated heterocycles. The molecule has 2 rings (SSSR count). The minimum absolute atomic E-state index is 0. The van der Waals surface area contributed by atoms with E-state index in [0.29, 0.717) is 0 Å². The Bertz CT molecular complexity index is 489. The molecule has 0 aliphatic heterocycles. The van der Waals surface area contributed by atoms with Gasteiger partial charge in [0.1, 0.15) is 0 Å². The number of carboxylic acids is 4. The Morgan fingerprint density at radius 2 is 0.957 bits per heavy atom. The predicted octanol–water partition coefficient (Wildman–Crippen LogP) is 0.693.